The van der Waals surface area contributed by atoms with Gasteiger partial charge in [-0.2, -0.15) is 5.26 Å². The quantitative estimate of drug-likeness (QED) is 0.632. The molecule has 0 aromatic carbocycles. The first-order chi connectivity index (χ1) is 5.74. The third-order valence-corrected chi connectivity index (χ3v) is 2.10. The summed E-state index contributed by atoms with van der Waals surface area (Å²) in [6.07, 6.45) is 0.739. The predicted molar refractivity (Wildman–Crippen MR) is 51.8 cm³/mol. The largest absolute Gasteiger partial charge is 0.300 e. The average molecular weight is 168 g/mol. The van der Waals surface area contributed by atoms with E-state index in [-0.39, 0.29) is 0 Å². The smallest absolute Gasteiger partial charge is 0.0625 e. The standard InChI is InChI=1S/C8H14N2.C2H6/c1-7(2)10-5-8(6-10)3-4-9;1-2/h7-8H,3,5-6H2,1-2H3;1-2H3. The first-order valence-corrected chi connectivity index (χ1v) is 4.85. The molecule has 2 nitrogen and oxygen atoms in total. The fourth-order valence-corrected chi connectivity index (χ4v) is 1.29. The highest BCUT2D eigenvalue weighted by Crippen LogP contribution is 2.20. The molecule has 0 radical (unpaired) electrons. The summed E-state index contributed by atoms with van der Waals surface area (Å²) < 4.78 is 0. The van der Waals surface area contributed by atoms with Crippen LogP contribution in [-0.2, 0) is 0 Å². The van der Waals surface area contributed by atoms with Crippen LogP contribution in [0.15, 0.2) is 0 Å². The lowest BCUT2D eigenvalue weighted by molar-refractivity contribution is 0.0706. The van der Waals surface area contributed by atoms with Crippen LogP contribution in [-0.4, -0.2) is 24.0 Å². The molecule has 2 heteroatoms. The van der Waals surface area contributed by atoms with Crippen molar-refractivity contribution in [3.63, 3.8) is 0 Å². The Labute approximate surface area is 76.2 Å². The molecule has 0 aliphatic carbocycles. The van der Waals surface area contributed by atoms with E-state index in [1.807, 2.05) is 13.8 Å². The van der Waals surface area contributed by atoms with Crippen LogP contribution in [0, 0.1) is 17.2 Å². The van der Waals surface area contributed by atoms with Gasteiger partial charge in [0.25, 0.3) is 0 Å². The fourth-order valence-electron chi connectivity index (χ4n) is 1.29. The highest BCUT2D eigenvalue weighted by molar-refractivity contribution is 4.88. The van der Waals surface area contributed by atoms with Gasteiger partial charge in [0.05, 0.1) is 6.07 Å². The van der Waals surface area contributed by atoms with Crippen molar-refractivity contribution in [3.05, 3.63) is 0 Å². The van der Waals surface area contributed by atoms with Gasteiger partial charge in [0.15, 0.2) is 0 Å². The summed E-state index contributed by atoms with van der Waals surface area (Å²) in [5.74, 6) is 0.660. The van der Waals surface area contributed by atoms with E-state index in [4.69, 9.17) is 5.26 Å². The van der Waals surface area contributed by atoms with Gasteiger partial charge in [-0.3, -0.25) is 0 Å². The molecule has 0 N–H and O–H groups in total. The van der Waals surface area contributed by atoms with Crippen molar-refractivity contribution in [1.29, 1.82) is 5.26 Å². The van der Waals surface area contributed by atoms with Gasteiger partial charge in [-0.25, -0.2) is 0 Å². The minimum absolute atomic E-state index is 0.660. The molecule has 0 spiro atoms. The van der Waals surface area contributed by atoms with Crippen LogP contribution in [0.5, 0.6) is 0 Å². The SMILES string of the molecule is CC.CC(C)N1CC(CC#N)C1. The summed E-state index contributed by atoms with van der Waals surface area (Å²) in [4.78, 5) is 2.39. The third-order valence-electron chi connectivity index (χ3n) is 2.10. The first-order valence-electron chi connectivity index (χ1n) is 4.85. The van der Waals surface area contributed by atoms with Gasteiger partial charge in [-0.15, -0.1) is 0 Å². The van der Waals surface area contributed by atoms with E-state index in [0.717, 1.165) is 19.5 Å². The van der Waals surface area contributed by atoms with Gasteiger partial charge in [0, 0.05) is 25.6 Å². The number of nitrogens with zero attached hydrogens (tertiary/aromatic N) is 2. The molecule has 0 unspecified atom stereocenters. The second kappa shape index (κ2) is 6.02. The van der Waals surface area contributed by atoms with Crippen molar-refractivity contribution in [2.24, 2.45) is 5.92 Å². The Hall–Kier alpha value is -0.550. The normalized spacial score (nSPS) is 17.7. The van der Waals surface area contributed by atoms with Crippen molar-refractivity contribution in [2.75, 3.05) is 13.1 Å². The zero-order valence-electron chi connectivity index (χ0n) is 8.67. The van der Waals surface area contributed by atoms with Crippen molar-refractivity contribution >= 4 is 0 Å². The van der Waals surface area contributed by atoms with Crippen LogP contribution in [0.1, 0.15) is 34.1 Å². The molecule has 1 rings (SSSR count). The molecule has 1 aliphatic heterocycles. The average Bonchev–Trinajstić information content (AvgIpc) is 1.99. The van der Waals surface area contributed by atoms with Crippen molar-refractivity contribution in [2.45, 2.75) is 40.2 Å². The highest BCUT2D eigenvalue weighted by atomic mass is 15.2. The van der Waals surface area contributed by atoms with Gasteiger partial charge in [0.1, 0.15) is 0 Å². The van der Waals surface area contributed by atoms with Crippen LogP contribution in [0.2, 0.25) is 0 Å². The Morgan fingerprint density at radius 3 is 2.25 bits per heavy atom. The number of rotatable bonds is 2. The maximum atomic E-state index is 8.36. The topological polar surface area (TPSA) is 27.0 Å². The van der Waals surface area contributed by atoms with Crippen LogP contribution in [0.3, 0.4) is 0 Å². The zero-order valence-corrected chi connectivity index (χ0v) is 8.67. The van der Waals surface area contributed by atoms with Crippen LogP contribution in [0.4, 0.5) is 0 Å². The van der Waals surface area contributed by atoms with E-state index >= 15 is 0 Å². The summed E-state index contributed by atoms with van der Waals surface area (Å²) in [7, 11) is 0. The number of nitriles is 1. The lowest BCUT2D eigenvalue weighted by Gasteiger charge is -2.41. The zero-order chi connectivity index (χ0) is 9.56. The maximum absolute atomic E-state index is 8.36. The Morgan fingerprint density at radius 1 is 1.42 bits per heavy atom. The molecule has 1 fully saturated rings. The number of hydrogen-bond donors (Lipinski definition) is 0. The third kappa shape index (κ3) is 3.23. The Kier molecular flexibility index (Phi) is 5.74. The minimum Gasteiger partial charge on any atom is -0.300 e. The summed E-state index contributed by atoms with van der Waals surface area (Å²) >= 11 is 0. The minimum atomic E-state index is 0.660. The van der Waals surface area contributed by atoms with E-state index < -0.39 is 0 Å². The van der Waals surface area contributed by atoms with Gasteiger partial charge >= 0.3 is 0 Å². The summed E-state index contributed by atoms with van der Waals surface area (Å²) in [6, 6.07) is 2.86. The van der Waals surface area contributed by atoms with Crippen LogP contribution >= 0.6 is 0 Å². The van der Waals surface area contributed by atoms with Crippen molar-refractivity contribution in [1.82, 2.24) is 4.90 Å². The molecular formula is C10H20N2. The molecule has 70 valence electrons. The molecule has 0 amide bonds. The maximum Gasteiger partial charge on any atom is 0.0625 e. The molecule has 1 heterocycles. The molecule has 12 heavy (non-hydrogen) atoms. The van der Waals surface area contributed by atoms with E-state index in [1.54, 1.807) is 0 Å². The van der Waals surface area contributed by atoms with E-state index in [9.17, 15) is 0 Å². The van der Waals surface area contributed by atoms with Gasteiger partial charge in [0.2, 0.25) is 0 Å². The van der Waals surface area contributed by atoms with Gasteiger partial charge < -0.3 is 4.90 Å². The summed E-state index contributed by atoms with van der Waals surface area (Å²) in [5.41, 5.74) is 0. The van der Waals surface area contributed by atoms with Crippen molar-refractivity contribution in [3.8, 4) is 6.07 Å². The molecule has 0 atom stereocenters. The molecular weight excluding hydrogens is 148 g/mol. The monoisotopic (exact) mass is 168 g/mol. The number of likely N-dealkylation sites (tertiary alicyclic amines) is 1. The fraction of sp³-hybridized carbons (Fsp3) is 0.900. The van der Waals surface area contributed by atoms with Crippen LogP contribution < -0.4 is 0 Å². The second-order valence-corrected chi connectivity index (χ2v) is 3.28. The summed E-state index contributed by atoms with van der Waals surface area (Å²) in [5, 5.41) is 8.36. The highest BCUT2D eigenvalue weighted by Gasteiger charge is 2.27. The van der Waals surface area contributed by atoms with E-state index in [2.05, 4.69) is 24.8 Å². The summed E-state index contributed by atoms with van der Waals surface area (Å²) in [6.45, 7) is 10.7. The Bertz CT molecular complexity index is 140. The molecule has 1 aliphatic rings. The van der Waals surface area contributed by atoms with Crippen LogP contribution in [0.25, 0.3) is 0 Å². The van der Waals surface area contributed by atoms with E-state index in [0.29, 0.717) is 12.0 Å². The predicted octanol–water partition coefficient (Wildman–Crippen LogP) is 2.27. The Morgan fingerprint density at radius 2 is 1.92 bits per heavy atom. The Balaban J connectivity index is 0.000000561. The molecule has 0 aromatic rings. The van der Waals surface area contributed by atoms with Crippen molar-refractivity contribution < 1.29 is 0 Å². The lowest BCUT2D eigenvalue weighted by Crippen LogP contribution is -2.49. The second-order valence-electron chi connectivity index (χ2n) is 3.28. The van der Waals surface area contributed by atoms with Gasteiger partial charge in [-0.05, 0) is 19.8 Å². The lowest BCUT2D eigenvalue weighted by atomic mass is 9.96. The van der Waals surface area contributed by atoms with E-state index in [1.165, 1.54) is 0 Å². The molecule has 0 aromatic heterocycles. The van der Waals surface area contributed by atoms with Gasteiger partial charge in [-0.1, -0.05) is 13.8 Å². The molecule has 0 saturated carbocycles. The first kappa shape index (κ1) is 11.4. The molecule has 1 saturated heterocycles. The number of hydrogen-bond acceptors (Lipinski definition) is 2. The molecule has 0 bridgehead atoms.